The van der Waals surface area contributed by atoms with Crippen molar-refractivity contribution in [2.75, 3.05) is 0 Å². The van der Waals surface area contributed by atoms with Crippen molar-refractivity contribution < 1.29 is 26.3 Å². The van der Waals surface area contributed by atoms with Gasteiger partial charge in [-0.3, -0.25) is 0 Å². The summed E-state index contributed by atoms with van der Waals surface area (Å²) in [6.45, 7) is 0. The van der Waals surface area contributed by atoms with E-state index < -0.39 is 36.0 Å². The molecule has 0 nitrogen and oxygen atoms in total. The highest BCUT2D eigenvalue weighted by Gasteiger charge is 2.52. The van der Waals surface area contributed by atoms with Gasteiger partial charge in [-0.2, -0.15) is 26.3 Å². The molecule has 0 aromatic heterocycles. The molecule has 0 heterocycles. The van der Waals surface area contributed by atoms with Gasteiger partial charge < -0.3 is 0 Å². The predicted molar refractivity (Wildman–Crippen MR) is 125 cm³/mol. The fourth-order valence-electron chi connectivity index (χ4n) is 6.32. The Bertz CT molecular complexity index is 1240. The average Bonchev–Trinajstić information content (AvgIpc) is 2.84. The van der Waals surface area contributed by atoms with Gasteiger partial charge in [0.1, 0.15) is 11.8 Å². The van der Waals surface area contributed by atoms with Crippen LogP contribution in [0.5, 0.6) is 0 Å². The third-order valence-electron chi connectivity index (χ3n) is 7.56. The molecule has 6 rings (SSSR count). The summed E-state index contributed by atoms with van der Waals surface area (Å²) in [4.78, 5) is 0. The van der Waals surface area contributed by atoms with Crippen LogP contribution in [-0.2, 0) is 0 Å². The number of fused-ring (bicyclic) bond motifs is 4. The van der Waals surface area contributed by atoms with Crippen LogP contribution in [0.25, 0.3) is 0 Å². The molecule has 2 aliphatic carbocycles. The fraction of sp³-hybridized carbons (Fsp3) is 0.200. The van der Waals surface area contributed by atoms with E-state index >= 15 is 0 Å². The van der Waals surface area contributed by atoms with Crippen LogP contribution in [-0.4, -0.2) is 12.4 Å². The first kappa shape index (κ1) is 22.9. The number of hydrogen-bond acceptors (Lipinski definition) is 0. The summed E-state index contributed by atoms with van der Waals surface area (Å²) in [6, 6.07) is 25.9. The van der Waals surface area contributed by atoms with Crippen LogP contribution >= 0.6 is 0 Å². The number of benzene rings is 4. The van der Waals surface area contributed by atoms with Gasteiger partial charge in [0.15, 0.2) is 0 Å². The van der Waals surface area contributed by atoms with Crippen LogP contribution in [0.2, 0.25) is 0 Å². The van der Waals surface area contributed by atoms with Crippen molar-refractivity contribution in [1.82, 2.24) is 0 Å². The maximum absolute atomic E-state index is 14.4. The summed E-state index contributed by atoms with van der Waals surface area (Å²) in [5.74, 6) is -4.74. The van der Waals surface area contributed by atoms with E-state index in [1.165, 1.54) is 24.3 Å². The SMILES string of the molecule is FC(F)(F)C1c2ccccc2C(C2c3ccccc3C(C(F)(F)F)c3ccccc32)c2ccccc21. The lowest BCUT2D eigenvalue weighted by Crippen LogP contribution is -2.34. The lowest BCUT2D eigenvalue weighted by molar-refractivity contribution is -0.143. The fourth-order valence-corrected chi connectivity index (χ4v) is 6.32. The van der Waals surface area contributed by atoms with Gasteiger partial charge >= 0.3 is 12.4 Å². The Balaban J connectivity index is 1.67. The molecule has 0 fully saturated rings. The molecule has 4 aromatic carbocycles. The summed E-state index contributed by atoms with van der Waals surface area (Å²) in [5, 5.41) is 0. The van der Waals surface area contributed by atoms with Crippen LogP contribution in [0.4, 0.5) is 26.3 Å². The first-order valence-corrected chi connectivity index (χ1v) is 11.7. The first-order valence-electron chi connectivity index (χ1n) is 11.7. The van der Waals surface area contributed by atoms with Gasteiger partial charge in [0.2, 0.25) is 0 Å². The normalized spacial score (nSPS) is 22.7. The maximum Gasteiger partial charge on any atom is 0.399 e. The van der Waals surface area contributed by atoms with E-state index in [4.69, 9.17) is 0 Å². The Hall–Kier alpha value is -3.54. The predicted octanol–water partition coefficient (Wildman–Crippen LogP) is 8.67. The highest BCUT2D eigenvalue weighted by Crippen LogP contribution is 2.59. The van der Waals surface area contributed by atoms with Gasteiger partial charge in [-0.15, -0.1) is 0 Å². The average molecular weight is 494 g/mol. The van der Waals surface area contributed by atoms with Crippen molar-refractivity contribution >= 4 is 0 Å². The molecule has 4 aromatic rings. The van der Waals surface area contributed by atoms with Crippen LogP contribution in [0, 0.1) is 0 Å². The van der Waals surface area contributed by atoms with Crippen LogP contribution in [0.1, 0.15) is 68.2 Å². The largest absolute Gasteiger partial charge is 0.399 e. The minimum atomic E-state index is -4.51. The second-order valence-electron chi connectivity index (χ2n) is 9.42. The van der Waals surface area contributed by atoms with Crippen molar-refractivity contribution in [2.24, 2.45) is 0 Å². The quantitative estimate of drug-likeness (QED) is 0.232. The van der Waals surface area contributed by atoms with E-state index in [0.717, 1.165) is 0 Å². The first-order chi connectivity index (χ1) is 17.2. The Labute approximate surface area is 204 Å². The van der Waals surface area contributed by atoms with Gasteiger partial charge in [0.25, 0.3) is 0 Å². The second kappa shape index (κ2) is 7.99. The van der Waals surface area contributed by atoms with Crippen LogP contribution in [0.15, 0.2) is 97.1 Å². The summed E-state index contributed by atoms with van der Waals surface area (Å²) >= 11 is 0. The summed E-state index contributed by atoms with van der Waals surface area (Å²) < 4.78 is 86.4. The molecule has 0 radical (unpaired) electrons. The van der Waals surface area contributed by atoms with Gasteiger partial charge in [-0.1, -0.05) is 97.1 Å². The molecule has 0 amide bonds. The zero-order valence-corrected chi connectivity index (χ0v) is 18.8. The highest BCUT2D eigenvalue weighted by molar-refractivity contribution is 5.62. The van der Waals surface area contributed by atoms with Gasteiger partial charge in [-0.05, 0) is 44.5 Å². The maximum atomic E-state index is 14.4. The highest BCUT2D eigenvalue weighted by atomic mass is 19.4. The Morgan fingerprint density at radius 3 is 0.722 bits per heavy atom. The monoisotopic (exact) mass is 494 g/mol. The van der Waals surface area contributed by atoms with Crippen LogP contribution in [0.3, 0.4) is 0 Å². The van der Waals surface area contributed by atoms with E-state index in [-0.39, 0.29) is 22.3 Å². The zero-order chi connectivity index (χ0) is 25.2. The number of rotatable bonds is 1. The van der Waals surface area contributed by atoms with Crippen molar-refractivity contribution in [3.05, 3.63) is 142 Å². The molecular formula is C30H20F6. The lowest BCUT2D eigenvalue weighted by atomic mass is 9.61. The third kappa shape index (κ3) is 3.38. The second-order valence-corrected chi connectivity index (χ2v) is 9.42. The molecule has 36 heavy (non-hydrogen) atoms. The molecule has 2 aliphatic rings. The van der Waals surface area contributed by atoms with E-state index in [9.17, 15) is 26.3 Å². The van der Waals surface area contributed by atoms with E-state index in [1.54, 1.807) is 72.8 Å². The molecule has 0 unspecified atom stereocenters. The molecular weight excluding hydrogens is 474 g/mol. The molecule has 182 valence electrons. The molecule has 0 atom stereocenters. The van der Waals surface area contributed by atoms with Gasteiger partial charge in [0, 0.05) is 11.8 Å². The molecule has 0 aliphatic heterocycles. The topological polar surface area (TPSA) is 0 Å². The summed E-state index contributed by atoms with van der Waals surface area (Å²) in [7, 11) is 0. The van der Waals surface area contributed by atoms with Gasteiger partial charge in [-0.25, -0.2) is 0 Å². The molecule has 0 bridgehead atoms. The van der Waals surface area contributed by atoms with E-state index in [2.05, 4.69) is 0 Å². The van der Waals surface area contributed by atoms with Crippen molar-refractivity contribution in [2.45, 2.75) is 36.0 Å². The van der Waals surface area contributed by atoms with E-state index in [0.29, 0.717) is 22.3 Å². The number of halogens is 6. The van der Waals surface area contributed by atoms with Crippen molar-refractivity contribution in [3.63, 3.8) is 0 Å². The van der Waals surface area contributed by atoms with Crippen molar-refractivity contribution in [3.8, 4) is 0 Å². The smallest absolute Gasteiger partial charge is 0.170 e. The number of hydrogen-bond donors (Lipinski definition) is 0. The minimum Gasteiger partial charge on any atom is -0.170 e. The standard InChI is InChI=1S/C30H20F6/c31-29(32,33)27-21-13-5-1-9-17(21)25(18-10-2-6-14-22(18)27)26-19-11-3-7-15-23(19)28(30(34,35)36)24-16-8-4-12-20(24)26/h1-16,25-28H. The molecule has 0 saturated carbocycles. The molecule has 0 saturated heterocycles. The molecule has 6 heteroatoms. The van der Waals surface area contributed by atoms with E-state index in [1.807, 2.05) is 0 Å². The third-order valence-corrected chi connectivity index (χ3v) is 7.56. The molecule has 0 spiro atoms. The summed E-state index contributed by atoms with van der Waals surface area (Å²) in [5.41, 5.74) is 2.61. The Morgan fingerprint density at radius 1 is 0.333 bits per heavy atom. The molecule has 0 N–H and O–H groups in total. The zero-order valence-electron chi connectivity index (χ0n) is 18.8. The lowest BCUT2D eigenvalue weighted by Gasteiger charge is -2.43. The number of alkyl halides is 6. The minimum absolute atomic E-state index is 0.154. The van der Waals surface area contributed by atoms with Gasteiger partial charge in [0.05, 0.1) is 0 Å². The summed E-state index contributed by atoms with van der Waals surface area (Å²) in [6.07, 6.45) is -9.03. The van der Waals surface area contributed by atoms with Crippen LogP contribution < -0.4 is 0 Å². The Kier molecular flexibility index (Phi) is 5.08. The van der Waals surface area contributed by atoms with Crippen molar-refractivity contribution in [1.29, 1.82) is 0 Å². The Morgan fingerprint density at radius 2 is 0.528 bits per heavy atom.